The molecule has 0 fully saturated rings. The first-order chi connectivity index (χ1) is 7.84. The van der Waals surface area contributed by atoms with Crippen molar-refractivity contribution in [3.63, 3.8) is 0 Å². The van der Waals surface area contributed by atoms with Crippen molar-refractivity contribution < 1.29 is 27.8 Å². The van der Waals surface area contributed by atoms with E-state index in [0.29, 0.717) is 6.08 Å². The Balaban J connectivity index is 3.25. The molecule has 0 saturated carbocycles. The summed E-state index contributed by atoms with van der Waals surface area (Å²) in [7, 11) is 1.25. The van der Waals surface area contributed by atoms with Crippen molar-refractivity contribution in [3.8, 4) is 5.75 Å². The minimum Gasteiger partial charge on any atom is -0.497 e. The number of carboxylic acid groups (broad SMARTS) is 1. The zero-order valence-corrected chi connectivity index (χ0v) is 8.78. The Morgan fingerprint density at radius 2 is 2.06 bits per heavy atom. The lowest BCUT2D eigenvalue weighted by atomic mass is 10.1. The average Bonchev–Trinajstić information content (AvgIpc) is 2.24. The quantitative estimate of drug-likeness (QED) is 0.834. The molecule has 0 radical (unpaired) electrons. The zero-order valence-electron chi connectivity index (χ0n) is 8.78. The number of halogens is 3. The molecule has 1 aromatic rings. The standard InChI is InChI=1S/C11H9F3O3/c1-17-8-4-2-7(3-5-10(15)16)9(6-8)11(12,13)14/h2-6H,1H3,(H,15,16)/b5-3+. The lowest BCUT2D eigenvalue weighted by molar-refractivity contribution is -0.138. The van der Waals surface area contributed by atoms with Gasteiger partial charge in [0.15, 0.2) is 0 Å². The first-order valence-electron chi connectivity index (χ1n) is 4.51. The number of rotatable bonds is 3. The fraction of sp³-hybridized carbons (Fsp3) is 0.182. The lowest BCUT2D eigenvalue weighted by Gasteiger charge is -2.11. The van der Waals surface area contributed by atoms with Gasteiger partial charge in [0.25, 0.3) is 0 Å². The first kappa shape index (κ1) is 13.1. The fourth-order valence-electron chi connectivity index (χ4n) is 1.21. The summed E-state index contributed by atoms with van der Waals surface area (Å²) < 4.78 is 42.6. The summed E-state index contributed by atoms with van der Waals surface area (Å²) in [4.78, 5) is 10.3. The van der Waals surface area contributed by atoms with Crippen LogP contribution in [0.2, 0.25) is 0 Å². The van der Waals surface area contributed by atoms with Gasteiger partial charge >= 0.3 is 12.1 Å². The third-order valence-corrected chi connectivity index (χ3v) is 1.97. The van der Waals surface area contributed by atoms with Crippen molar-refractivity contribution in [3.05, 3.63) is 35.4 Å². The van der Waals surface area contributed by atoms with E-state index in [4.69, 9.17) is 9.84 Å². The number of carboxylic acids is 1. The van der Waals surface area contributed by atoms with Gasteiger partial charge in [0.05, 0.1) is 12.7 Å². The van der Waals surface area contributed by atoms with Crippen LogP contribution in [0.3, 0.4) is 0 Å². The van der Waals surface area contributed by atoms with Crippen molar-refractivity contribution in [2.45, 2.75) is 6.18 Å². The monoisotopic (exact) mass is 246 g/mol. The van der Waals surface area contributed by atoms with Crippen LogP contribution in [0.15, 0.2) is 24.3 Å². The van der Waals surface area contributed by atoms with Crippen LogP contribution in [0.5, 0.6) is 5.75 Å². The summed E-state index contributed by atoms with van der Waals surface area (Å²) in [5.41, 5.74) is -1.16. The van der Waals surface area contributed by atoms with Crippen molar-refractivity contribution in [2.75, 3.05) is 7.11 Å². The summed E-state index contributed by atoms with van der Waals surface area (Å²) in [6.07, 6.45) is -3.02. The second-order valence-electron chi connectivity index (χ2n) is 3.12. The molecule has 0 spiro atoms. The summed E-state index contributed by atoms with van der Waals surface area (Å²) in [6.45, 7) is 0. The highest BCUT2D eigenvalue weighted by atomic mass is 19.4. The molecular formula is C11H9F3O3. The molecule has 0 amide bonds. The highest BCUT2D eigenvalue weighted by molar-refractivity contribution is 5.85. The number of hydrogen-bond acceptors (Lipinski definition) is 2. The van der Waals surface area contributed by atoms with Gasteiger partial charge in [-0.1, -0.05) is 6.07 Å². The van der Waals surface area contributed by atoms with Gasteiger partial charge in [-0.2, -0.15) is 13.2 Å². The molecule has 0 aliphatic rings. The van der Waals surface area contributed by atoms with Gasteiger partial charge in [-0.25, -0.2) is 4.79 Å². The normalized spacial score (nSPS) is 11.8. The smallest absolute Gasteiger partial charge is 0.417 e. The maximum atomic E-state index is 12.7. The Hall–Kier alpha value is -1.98. The third kappa shape index (κ3) is 3.51. The highest BCUT2D eigenvalue weighted by Gasteiger charge is 2.33. The molecule has 17 heavy (non-hydrogen) atoms. The van der Waals surface area contributed by atoms with Gasteiger partial charge in [-0.3, -0.25) is 0 Å². The van der Waals surface area contributed by atoms with E-state index in [2.05, 4.69) is 0 Å². The van der Waals surface area contributed by atoms with E-state index in [9.17, 15) is 18.0 Å². The SMILES string of the molecule is COc1ccc(/C=C/C(=O)O)c(C(F)(F)F)c1. The summed E-state index contributed by atoms with van der Waals surface area (Å²) in [5.74, 6) is -1.25. The van der Waals surface area contributed by atoms with Crippen LogP contribution in [0.4, 0.5) is 13.2 Å². The second-order valence-corrected chi connectivity index (χ2v) is 3.12. The van der Waals surface area contributed by atoms with Crippen LogP contribution in [0.1, 0.15) is 11.1 Å². The van der Waals surface area contributed by atoms with Crippen LogP contribution in [-0.2, 0) is 11.0 Å². The van der Waals surface area contributed by atoms with E-state index in [0.717, 1.165) is 18.2 Å². The number of benzene rings is 1. The van der Waals surface area contributed by atoms with E-state index in [-0.39, 0.29) is 11.3 Å². The zero-order chi connectivity index (χ0) is 13.1. The molecule has 0 aliphatic carbocycles. The molecule has 0 bridgehead atoms. The maximum absolute atomic E-state index is 12.7. The maximum Gasteiger partial charge on any atom is 0.417 e. The molecule has 0 unspecified atom stereocenters. The number of aliphatic carboxylic acids is 1. The largest absolute Gasteiger partial charge is 0.497 e. The molecule has 0 aliphatic heterocycles. The molecule has 3 nitrogen and oxygen atoms in total. The lowest BCUT2D eigenvalue weighted by Crippen LogP contribution is -2.07. The molecule has 0 atom stereocenters. The number of hydrogen-bond donors (Lipinski definition) is 1. The van der Waals surface area contributed by atoms with Crippen LogP contribution < -0.4 is 4.74 Å². The predicted octanol–water partition coefficient (Wildman–Crippen LogP) is 2.81. The fourth-order valence-corrected chi connectivity index (χ4v) is 1.21. The highest BCUT2D eigenvalue weighted by Crippen LogP contribution is 2.34. The van der Waals surface area contributed by atoms with Crippen LogP contribution in [-0.4, -0.2) is 18.2 Å². The van der Waals surface area contributed by atoms with Crippen molar-refractivity contribution in [1.29, 1.82) is 0 Å². The van der Waals surface area contributed by atoms with Crippen LogP contribution in [0.25, 0.3) is 6.08 Å². The number of ether oxygens (including phenoxy) is 1. The summed E-state index contributed by atoms with van der Waals surface area (Å²) >= 11 is 0. The first-order valence-corrected chi connectivity index (χ1v) is 4.51. The van der Waals surface area contributed by atoms with Gasteiger partial charge < -0.3 is 9.84 Å². The van der Waals surface area contributed by atoms with Crippen molar-refractivity contribution in [2.24, 2.45) is 0 Å². The summed E-state index contributed by atoms with van der Waals surface area (Å²) in [5, 5.41) is 8.38. The number of alkyl halides is 3. The van der Waals surface area contributed by atoms with Gasteiger partial charge in [0.1, 0.15) is 5.75 Å². The molecular weight excluding hydrogens is 237 g/mol. The van der Waals surface area contributed by atoms with Gasteiger partial charge in [0, 0.05) is 6.08 Å². The van der Waals surface area contributed by atoms with E-state index in [1.165, 1.54) is 13.2 Å². The van der Waals surface area contributed by atoms with Crippen molar-refractivity contribution >= 4 is 12.0 Å². The molecule has 6 heteroatoms. The third-order valence-electron chi connectivity index (χ3n) is 1.97. The Labute approximate surface area is 95.1 Å². The second kappa shape index (κ2) is 4.90. The molecule has 0 aromatic heterocycles. The predicted molar refractivity (Wildman–Crippen MR) is 54.7 cm³/mol. The van der Waals surface area contributed by atoms with Gasteiger partial charge in [0.2, 0.25) is 0 Å². The Morgan fingerprint density at radius 3 is 2.53 bits per heavy atom. The Bertz CT molecular complexity index is 450. The van der Waals surface area contributed by atoms with Gasteiger partial charge in [-0.05, 0) is 23.8 Å². The van der Waals surface area contributed by atoms with E-state index >= 15 is 0 Å². The van der Waals surface area contributed by atoms with E-state index in [1.54, 1.807) is 0 Å². The van der Waals surface area contributed by atoms with Crippen LogP contribution >= 0.6 is 0 Å². The van der Waals surface area contributed by atoms with Crippen molar-refractivity contribution in [1.82, 2.24) is 0 Å². The minimum atomic E-state index is -4.56. The van der Waals surface area contributed by atoms with E-state index in [1.807, 2.05) is 0 Å². The van der Waals surface area contributed by atoms with E-state index < -0.39 is 17.7 Å². The van der Waals surface area contributed by atoms with Gasteiger partial charge in [-0.15, -0.1) is 0 Å². The molecule has 92 valence electrons. The Kier molecular flexibility index (Phi) is 3.77. The van der Waals surface area contributed by atoms with Crippen LogP contribution in [0, 0.1) is 0 Å². The summed E-state index contributed by atoms with van der Waals surface area (Å²) in [6, 6.07) is 3.30. The molecule has 0 saturated heterocycles. The molecule has 0 heterocycles. The topological polar surface area (TPSA) is 46.5 Å². The molecule has 1 N–H and O–H groups in total. The number of methoxy groups -OCH3 is 1. The molecule has 1 rings (SSSR count). The molecule has 1 aromatic carbocycles. The minimum absolute atomic E-state index is 0.0600. The number of carbonyl (C=O) groups is 1. The average molecular weight is 246 g/mol. The Morgan fingerprint density at radius 1 is 1.41 bits per heavy atom.